The molecule has 0 radical (unpaired) electrons. The van der Waals surface area contributed by atoms with Crippen molar-refractivity contribution in [3.8, 4) is 6.07 Å². The SMILES string of the molecule is N#Cc1c(C(N)=O)ncn1[C@@H]1O[C@H](CO)[C@@H](O)[C@H]1O. The van der Waals surface area contributed by atoms with E-state index in [4.69, 9.17) is 20.8 Å². The lowest BCUT2D eigenvalue weighted by Gasteiger charge is -2.16. The van der Waals surface area contributed by atoms with Crippen molar-refractivity contribution in [1.29, 1.82) is 5.26 Å². The fourth-order valence-electron chi connectivity index (χ4n) is 1.95. The van der Waals surface area contributed by atoms with E-state index in [0.717, 1.165) is 10.9 Å². The average Bonchev–Trinajstić information content (AvgIpc) is 2.92. The number of nitriles is 1. The summed E-state index contributed by atoms with van der Waals surface area (Å²) >= 11 is 0. The van der Waals surface area contributed by atoms with Crippen molar-refractivity contribution in [2.24, 2.45) is 5.73 Å². The third-order valence-electron chi connectivity index (χ3n) is 2.92. The highest BCUT2D eigenvalue weighted by molar-refractivity contribution is 5.92. The van der Waals surface area contributed by atoms with Crippen LogP contribution in [0, 0.1) is 11.3 Å². The van der Waals surface area contributed by atoms with E-state index in [1.165, 1.54) is 0 Å². The van der Waals surface area contributed by atoms with E-state index in [1.807, 2.05) is 0 Å². The Labute approximate surface area is 107 Å². The summed E-state index contributed by atoms with van der Waals surface area (Å²) < 4.78 is 6.33. The second-order valence-corrected chi connectivity index (χ2v) is 4.05. The highest BCUT2D eigenvalue weighted by atomic mass is 16.6. The van der Waals surface area contributed by atoms with E-state index in [2.05, 4.69) is 4.98 Å². The molecule has 102 valence electrons. The number of rotatable bonds is 3. The van der Waals surface area contributed by atoms with Crippen molar-refractivity contribution in [1.82, 2.24) is 9.55 Å². The van der Waals surface area contributed by atoms with E-state index in [0.29, 0.717) is 0 Å². The van der Waals surface area contributed by atoms with Gasteiger partial charge in [-0.25, -0.2) is 4.98 Å². The van der Waals surface area contributed by atoms with E-state index in [-0.39, 0.29) is 11.4 Å². The fourth-order valence-corrected chi connectivity index (χ4v) is 1.95. The number of imidazole rings is 1. The largest absolute Gasteiger partial charge is 0.394 e. The van der Waals surface area contributed by atoms with Gasteiger partial charge in [0.2, 0.25) is 0 Å². The highest BCUT2D eigenvalue weighted by Gasteiger charge is 2.44. The van der Waals surface area contributed by atoms with Crippen LogP contribution in [0.1, 0.15) is 22.4 Å². The zero-order valence-corrected chi connectivity index (χ0v) is 9.67. The molecule has 9 heteroatoms. The molecule has 0 aliphatic carbocycles. The van der Waals surface area contributed by atoms with Crippen LogP contribution in [-0.2, 0) is 4.74 Å². The summed E-state index contributed by atoms with van der Waals surface area (Å²) in [5.74, 6) is -0.887. The van der Waals surface area contributed by atoms with Crippen LogP contribution >= 0.6 is 0 Å². The van der Waals surface area contributed by atoms with E-state index < -0.39 is 37.1 Å². The number of aromatic nitrogens is 2. The van der Waals surface area contributed by atoms with Crippen LogP contribution in [-0.4, -0.2) is 55.7 Å². The number of nitrogens with zero attached hydrogens (tertiary/aromatic N) is 3. The van der Waals surface area contributed by atoms with Crippen molar-refractivity contribution in [2.45, 2.75) is 24.5 Å². The Morgan fingerprint density at radius 1 is 1.58 bits per heavy atom. The first-order chi connectivity index (χ1) is 9.01. The molecule has 2 rings (SSSR count). The van der Waals surface area contributed by atoms with Gasteiger partial charge in [-0.3, -0.25) is 9.36 Å². The Hall–Kier alpha value is -1.99. The van der Waals surface area contributed by atoms with Gasteiger partial charge in [0.05, 0.1) is 12.9 Å². The van der Waals surface area contributed by atoms with Crippen LogP contribution in [0.5, 0.6) is 0 Å². The Kier molecular flexibility index (Phi) is 3.50. The predicted octanol–water partition coefficient (Wildman–Crippen LogP) is -2.53. The first kappa shape index (κ1) is 13.4. The third kappa shape index (κ3) is 2.06. The molecule has 1 fully saturated rings. The summed E-state index contributed by atoms with van der Waals surface area (Å²) in [5, 5.41) is 37.4. The lowest BCUT2D eigenvalue weighted by atomic mass is 10.1. The topological polar surface area (TPSA) is 155 Å². The molecule has 0 bridgehead atoms. The maximum atomic E-state index is 11.1. The van der Waals surface area contributed by atoms with Crippen molar-refractivity contribution >= 4 is 5.91 Å². The molecule has 1 aromatic heterocycles. The molecule has 1 aromatic rings. The summed E-state index contributed by atoms with van der Waals surface area (Å²) in [6.07, 6.45) is -3.66. The predicted molar refractivity (Wildman–Crippen MR) is 58.5 cm³/mol. The molecule has 9 nitrogen and oxygen atoms in total. The number of hydrogen-bond acceptors (Lipinski definition) is 7. The summed E-state index contributed by atoms with van der Waals surface area (Å²) in [4.78, 5) is 14.7. The minimum absolute atomic E-state index is 0.178. The number of aliphatic hydroxyl groups excluding tert-OH is 3. The van der Waals surface area contributed by atoms with Crippen molar-refractivity contribution in [2.75, 3.05) is 6.61 Å². The second kappa shape index (κ2) is 4.94. The number of nitrogens with two attached hydrogens (primary N) is 1. The van der Waals surface area contributed by atoms with Crippen LogP contribution in [0.3, 0.4) is 0 Å². The van der Waals surface area contributed by atoms with Gasteiger partial charge in [0, 0.05) is 0 Å². The Morgan fingerprint density at radius 3 is 2.74 bits per heavy atom. The molecule has 1 amide bonds. The number of hydrogen-bond donors (Lipinski definition) is 4. The molecule has 5 N–H and O–H groups in total. The van der Waals surface area contributed by atoms with Gasteiger partial charge in [-0.05, 0) is 0 Å². The van der Waals surface area contributed by atoms with Crippen molar-refractivity contribution in [3.63, 3.8) is 0 Å². The zero-order chi connectivity index (χ0) is 14.2. The minimum Gasteiger partial charge on any atom is -0.394 e. The molecule has 1 aliphatic heterocycles. The quantitative estimate of drug-likeness (QED) is 0.471. The summed E-state index contributed by atoms with van der Waals surface area (Å²) in [6, 6.07) is 1.74. The molecule has 2 heterocycles. The maximum absolute atomic E-state index is 11.1. The average molecular weight is 268 g/mol. The molecule has 1 saturated heterocycles. The second-order valence-electron chi connectivity index (χ2n) is 4.05. The Morgan fingerprint density at radius 2 is 2.26 bits per heavy atom. The standard InChI is InChI=1S/C10H12N4O5/c11-1-4-6(9(12)18)13-3-14(4)10-8(17)7(16)5(2-15)19-10/h3,5,7-8,10,15-17H,2H2,(H2,12,18)/t5-,7-,8-,10-/m1/s1. The summed E-state index contributed by atoms with van der Waals surface area (Å²) in [7, 11) is 0. The Bertz CT molecular complexity index is 537. The number of amides is 1. The van der Waals surface area contributed by atoms with Gasteiger partial charge >= 0.3 is 0 Å². The molecule has 0 spiro atoms. The fraction of sp³-hybridized carbons (Fsp3) is 0.500. The van der Waals surface area contributed by atoms with E-state index in [1.54, 1.807) is 6.07 Å². The maximum Gasteiger partial charge on any atom is 0.270 e. The molecule has 4 atom stereocenters. The number of ether oxygens (including phenoxy) is 1. The lowest BCUT2D eigenvalue weighted by molar-refractivity contribution is -0.0531. The van der Waals surface area contributed by atoms with Crippen LogP contribution in [0.2, 0.25) is 0 Å². The molecule has 19 heavy (non-hydrogen) atoms. The highest BCUT2D eigenvalue weighted by Crippen LogP contribution is 2.30. The van der Waals surface area contributed by atoms with Gasteiger partial charge in [0.15, 0.2) is 17.6 Å². The van der Waals surface area contributed by atoms with Crippen LogP contribution in [0.15, 0.2) is 6.33 Å². The van der Waals surface area contributed by atoms with Crippen LogP contribution in [0.4, 0.5) is 0 Å². The van der Waals surface area contributed by atoms with Gasteiger partial charge in [-0.15, -0.1) is 0 Å². The summed E-state index contributed by atoms with van der Waals surface area (Å²) in [6.45, 7) is -0.492. The van der Waals surface area contributed by atoms with Crippen molar-refractivity contribution < 1.29 is 24.9 Å². The first-order valence-corrected chi connectivity index (χ1v) is 5.40. The van der Waals surface area contributed by atoms with Gasteiger partial charge < -0.3 is 25.8 Å². The molecular formula is C10H12N4O5. The zero-order valence-electron chi connectivity index (χ0n) is 9.67. The molecule has 0 saturated carbocycles. The summed E-state index contributed by atoms with van der Waals surface area (Å²) in [5.41, 5.74) is 4.63. The van der Waals surface area contributed by atoms with Gasteiger partial charge in [0.25, 0.3) is 5.91 Å². The van der Waals surface area contributed by atoms with E-state index >= 15 is 0 Å². The van der Waals surface area contributed by atoms with Crippen molar-refractivity contribution in [3.05, 3.63) is 17.7 Å². The molecule has 1 aliphatic rings. The number of carbonyl (C=O) groups is 1. The molecular weight excluding hydrogens is 256 g/mol. The third-order valence-corrected chi connectivity index (χ3v) is 2.92. The van der Waals surface area contributed by atoms with E-state index in [9.17, 15) is 15.0 Å². The number of aliphatic hydroxyl groups is 3. The molecule has 0 aromatic carbocycles. The first-order valence-electron chi connectivity index (χ1n) is 5.40. The molecule has 0 unspecified atom stereocenters. The monoisotopic (exact) mass is 268 g/mol. The Balaban J connectivity index is 2.39. The number of carbonyl (C=O) groups excluding carboxylic acids is 1. The minimum atomic E-state index is -1.36. The van der Waals surface area contributed by atoms with Gasteiger partial charge in [0.1, 0.15) is 24.4 Å². The van der Waals surface area contributed by atoms with Crippen LogP contribution in [0.25, 0.3) is 0 Å². The van der Waals surface area contributed by atoms with Gasteiger partial charge in [-0.1, -0.05) is 0 Å². The lowest BCUT2D eigenvalue weighted by Crippen LogP contribution is -2.33. The smallest absolute Gasteiger partial charge is 0.270 e. The normalized spacial score (nSPS) is 30.2. The number of primary amides is 1. The van der Waals surface area contributed by atoms with Gasteiger partial charge in [-0.2, -0.15) is 5.26 Å². The van der Waals surface area contributed by atoms with Crippen LogP contribution < -0.4 is 5.73 Å².